The van der Waals surface area contributed by atoms with Gasteiger partial charge in [-0.1, -0.05) is 4.49 Å². The molecule has 0 aliphatic carbocycles. The smallest absolute Gasteiger partial charge is 0.324 e. The molecule has 1 aromatic carbocycles. The van der Waals surface area contributed by atoms with Gasteiger partial charge < -0.3 is 4.90 Å². The number of amides is 2. The van der Waals surface area contributed by atoms with Gasteiger partial charge in [0.1, 0.15) is 9.90 Å². The number of urea groups is 1. The largest absolute Gasteiger partial charge is 0.419 e. The molecule has 7 nitrogen and oxygen atoms in total. The summed E-state index contributed by atoms with van der Waals surface area (Å²) in [4.78, 5) is 12.5. The molecule has 0 unspecified atom stereocenters. The molecule has 14 heteroatoms. The Morgan fingerprint density at radius 3 is 2.43 bits per heavy atom. The van der Waals surface area contributed by atoms with Crippen LogP contribution in [0.15, 0.2) is 23.2 Å². The lowest BCUT2D eigenvalue weighted by molar-refractivity contribution is -0.140. The number of nitrogens with one attached hydrogen (secondary N) is 1. The van der Waals surface area contributed by atoms with Crippen LogP contribution in [0, 0.1) is 17.6 Å². The van der Waals surface area contributed by atoms with E-state index in [9.17, 15) is 35.2 Å². The highest BCUT2D eigenvalue weighted by Crippen LogP contribution is 2.34. The van der Waals surface area contributed by atoms with Crippen molar-refractivity contribution >= 4 is 32.4 Å². The van der Waals surface area contributed by atoms with Gasteiger partial charge in [0.2, 0.25) is 0 Å². The maximum Gasteiger partial charge on any atom is 0.419 e. The van der Waals surface area contributed by atoms with Crippen molar-refractivity contribution in [2.24, 2.45) is 5.92 Å². The van der Waals surface area contributed by atoms with E-state index in [4.69, 9.17) is 0 Å². The Balaban J connectivity index is 1.64. The lowest BCUT2D eigenvalue weighted by Gasteiger charge is -2.31. The van der Waals surface area contributed by atoms with Crippen molar-refractivity contribution in [3.05, 3.63) is 35.5 Å². The fourth-order valence-electron chi connectivity index (χ4n) is 3.10. The molecule has 1 fully saturated rings. The Morgan fingerprint density at radius 1 is 1.20 bits per heavy atom. The quantitative estimate of drug-likeness (QED) is 0.690. The normalized spacial score (nSPS) is 16.0. The van der Waals surface area contributed by atoms with Crippen molar-refractivity contribution < 1.29 is 35.2 Å². The number of aromatic nitrogens is 2. The summed E-state index contributed by atoms with van der Waals surface area (Å²) in [6.45, 7) is 0.449. The van der Waals surface area contributed by atoms with Crippen LogP contribution in [-0.2, 0) is 16.0 Å². The third kappa shape index (κ3) is 4.86. The number of anilines is 1. The van der Waals surface area contributed by atoms with E-state index in [1.165, 1.54) is 11.1 Å². The van der Waals surface area contributed by atoms with Crippen molar-refractivity contribution in [1.82, 2.24) is 14.5 Å². The van der Waals surface area contributed by atoms with E-state index in [1.54, 1.807) is 0 Å². The number of hydrogen-bond acceptors (Lipinski definition) is 6. The minimum atomic E-state index is -5.14. The minimum Gasteiger partial charge on any atom is -0.324 e. The molecule has 2 heterocycles. The molecule has 1 saturated heterocycles. The summed E-state index contributed by atoms with van der Waals surface area (Å²) in [5.41, 5.74) is -1.87. The van der Waals surface area contributed by atoms with Crippen molar-refractivity contribution in [2.45, 2.75) is 23.9 Å². The van der Waals surface area contributed by atoms with Gasteiger partial charge in [-0.3, -0.25) is 5.32 Å². The minimum absolute atomic E-state index is 0.215. The average Bonchev–Trinajstić information content (AvgIpc) is 3.16. The van der Waals surface area contributed by atoms with Crippen LogP contribution >= 0.6 is 11.5 Å². The molecule has 0 saturated carbocycles. The summed E-state index contributed by atoms with van der Waals surface area (Å²) in [5, 5.41) is 6.62. The van der Waals surface area contributed by atoms with Gasteiger partial charge in [0, 0.05) is 24.6 Å². The van der Waals surface area contributed by atoms with E-state index in [1.807, 2.05) is 0 Å². The highest BCUT2D eigenvalue weighted by atomic mass is 32.2. The molecule has 0 radical (unpaired) electrons. The summed E-state index contributed by atoms with van der Waals surface area (Å²) in [5.74, 6) is -5.32. The number of rotatable bonds is 4. The second-order valence-electron chi connectivity index (χ2n) is 6.66. The van der Waals surface area contributed by atoms with Gasteiger partial charge in [-0.25, -0.2) is 22.0 Å². The van der Waals surface area contributed by atoms with Crippen LogP contribution in [0.2, 0.25) is 0 Å². The standard InChI is InChI=1S/C16H15F5N4O3S2/c17-13-10(16(19,20)21)1-2-11(14(13)18)30(27,28)8-9-3-5-25(6-4-9)15(26)23-12-7-22-24-29-12/h1-2,7,9H,3-6,8H2,(H,23,26). The average molecular weight is 470 g/mol. The maximum absolute atomic E-state index is 14.1. The molecule has 2 aromatic rings. The van der Waals surface area contributed by atoms with E-state index in [-0.39, 0.29) is 32.0 Å². The van der Waals surface area contributed by atoms with Gasteiger partial charge in [0.05, 0.1) is 17.5 Å². The van der Waals surface area contributed by atoms with Crippen molar-refractivity contribution in [3.63, 3.8) is 0 Å². The Kier molecular flexibility index (Phi) is 6.26. The van der Waals surface area contributed by atoms with Crippen LogP contribution in [0.25, 0.3) is 0 Å². The third-order valence-electron chi connectivity index (χ3n) is 4.64. The van der Waals surface area contributed by atoms with Crippen LogP contribution in [0.1, 0.15) is 18.4 Å². The zero-order valence-electron chi connectivity index (χ0n) is 15.1. The van der Waals surface area contributed by atoms with E-state index < -0.39 is 55.8 Å². The second kappa shape index (κ2) is 8.41. The number of carbonyl (C=O) groups excluding carboxylic acids is 1. The molecule has 0 bridgehead atoms. The number of halogens is 5. The number of likely N-dealkylation sites (tertiary alicyclic amines) is 1. The van der Waals surface area contributed by atoms with E-state index in [2.05, 4.69) is 14.9 Å². The Bertz CT molecular complexity index is 1020. The number of nitrogens with zero attached hydrogens (tertiary/aromatic N) is 3. The summed E-state index contributed by atoms with van der Waals surface area (Å²) in [6, 6.07) is 0.243. The number of benzene rings is 1. The Hall–Kier alpha value is -2.35. The van der Waals surface area contributed by atoms with Crippen LogP contribution in [0.3, 0.4) is 0 Å². The third-order valence-corrected chi connectivity index (χ3v) is 7.11. The van der Waals surface area contributed by atoms with E-state index in [0.29, 0.717) is 11.1 Å². The summed E-state index contributed by atoms with van der Waals surface area (Å²) >= 11 is 0.991. The maximum atomic E-state index is 14.1. The lowest BCUT2D eigenvalue weighted by Crippen LogP contribution is -2.42. The fourth-order valence-corrected chi connectivity index (χ4v) is 5.28. The van der Waals surface area contributed by atoms with Gasteiger partial charge in [0.15, 0.2) is 21.5 Å². The number of piperidine rings is 1. The first-order valence-corrected chi connectivity index (χ1v) is 11.0. The predicted molar refractivity (Wildman–Crippen MR) is 96.6 cm³/mol. The second-order valence-corrected chi connectivity index (χ2v) is 9.45. The van der Waals surface area contributed by atoms with Crippen molar-refractivity contribution in [1.29, 1.82) is 0 Å². The van der Waals surface area contributed by atoms with Gasteiger partial charge >= 0.3 is 12.2 Å². The van der Waals surface area contributed by atoms with Crippen LogP contribution in [-0.4, -0.2) is 47.8 Å². The van der Waals surface area contributed by atoms with Crippen LogP contribution in [0.5, 0.6) is 0 Å². The van der Waals surface area contributed by atoms with E-state index in [0.717, 1.165) is 11.5 Å². The molecular formula is C16H15F5N4O3S2. The summed E-state index contributed by atoms with van der Waals surface area (Å²) < 4.78 is 94.3. The highest BCUT2D eigenvalue weighted by molar-refractivity contribution is 7.91. The number of sulfone groups is 1. The molecule has 1 aliphatic heterocycles. The molecule has 30 heavy (non-hydrogen) atoms. The van der Waals surface area contributed by atoms with Gasteiger partial charge in [0.25, 0.3) is 0 Å². The molecule has 1 N–H and O–H groups in total. The van der Waals surface area contributed by atoms with Crippen LogP contribution in [0.4, 0.5) is 31.7 Å². The molecule has 1 aliphatic rings. The fraction of sp³-hybridized carbons (Fsp3) is 0.438. The summed E-state index contributed by atoms with van der Waals surface area (Å²) in [6.07, 6.45) is -3.22. The van der Waals surface area contributed by atoms with Gasteiger partial charge in [-0.2, -0.15) is 13.2 Å². The van der Waals surface area contributed by atoms with E-state index >= 15 is 0 Å². The lowest BCUT2D eigenvalue weighted by atomic mass is 9.99. The highest BCUT2D eigenvalue weighted by Gasteiger charge is 2.38. The zero-order valence-corrected chi connectivity index (χ0v) is 16.8. The molecule has 3 rings (SSSR count). The first kappa shape index (κ1) is 22.3. The van der Waals surface area contributed by atoms with Gasteiger partial charge in [-0.05, 0) is 30.9 Å². The van der Waals surface area contributed by atoms with Crippen molar-refractivity contribution in [3.8, 4) is 0 Å². The molecule has 0 atom stereocenters. The van der Waals surface area contributed by atoms with Crippen molar-refractivity contribution in [2.75, 3.05) is 24.2 Å². The topological polar surface area (TPSA) is 92.3 Å². The number of hydrogen-bond donors (Lipinski definition) is 1. The first-order valence-electron chi connectivity index (χ1n) is 8.60. The molecule has 0 spiro atoms. The Labute approximate surface area is 172 Å². The first-order chi connectivity index (χ1) is 14.0. The predicted octanol–water partition coefficient (Wildman–Crippen LogP) is 3.55. The van der Waals surface area contributed by atoms with Gasteiger partial charge in [-0.15, -0.1) is 5.10 Å². The molecule has 2 amide bonds. The van der Waals surface area contributed by atoms with Crippen LogP contribution < -0.4 is 5.32 Å². The molecular weight excluding hydrogens is 455 g/mol. The Morgan fingerprint density at radius 2 is 1.87 bits per heavy atom. The summed E-state index contributed by atoms with van der Waals surface area (Å²) in [7, 11) is -4.37. The number of alkyl halides is 3. The zero-order chi connectivity index (χ0) is 22.1. The molecule has 164 valence electrons. The molecule has 1 aromatic heterocycles. The monoisotopic (exact) mass is 470 g/mol. The number of carbonyl (C=O) groups is 1. The SMILES string of the molecule is O=C(Nc1cnns1)N1CCC(CS(=O)(=O)c2ccc(C(F)(F)F)c(F)c2F)CC1.